The molecule has 0 heterocycles. The van der Waals surface area contributed by atoms with Crippen LogP contribution in [0.1, 0.15) is 33.3 Å². The number of para-hydroxylation sites is 2. The van der Waals surface area contributed by atoms with E-state index in [0.717, 1.165) is 5.56 Å². The smallest absolute Gasteiger partial charge is 0.408 e. The fourth-order valence-corrected chi connectivity index (χ4v) is 2.67. The van der Waals surface area contributed by atoms with Crippen LogP contribution in [0, 0.1) is 0 Å². The number of amides is 3. The van der Waals surface area contributed by atoms with Crippen molar-refractivity contribution in [3.8, 4) is 11.5 Å². The van der Waals surface area contributed by atoms with Gasteiger partial charge in [0, 0.05) is 12.2 Å². The van der Waals surface area contributed by atoms with Gasteiger partial charge in [-0.1, -0.05) is 24.3 Å². The summed E-state index contributed by atoms with van der Waals surface area (Å²) in [4.78, 5) is 35.9. The maximum atomic E-state index is 12.2. The second kappa shape index (κ2) is 12.3. The number of hydrogen-bond donors (Lipinski definition) is 3. The molecule has 0 radical (unpaired) electrons. The van der Waals surface area contributed by atoms with Crippen molar-refractivity contribution >= 4 is 23.6 Å². The van der Waals surface area contributed by atoms with Gasteiger partial charge in [-0.3, -0.25) is 9.59 Å². The van der Waals surface area contributed by atoms with Crippen LogP contribution in [-0.2, 0) is 20.9 Å². The van der Waals surface area contributed by atoms with E-state index in [1.165, 1.54) is 0 Å². The zero-order valence-electron chi connectivity index (χ0n) is 19.4. The van der Waals surface area contributed by atoms with Gasteiger partial charge in [0.05, 0.1) is 6.61 Å². The number of benzene rings is 2. The van der Waals surface area contributed by atoms with Crippen molar-refractivity contribution in [3.63, 3.8) is 0 Å². The highest BCUT2D eigenvalue weighted by molar-refractivity contribution is 5.93. The number of rotatable bonds is 10. The first kappa shape index (κ1) is 25.5. The summed E-state index contributed by atoms with van der Waals surface area (Å²) in [7, 11) is 0. The van der Waals surface area contributed by atoms with Crippen LogP contribution in [0.3, 0.4) is 0 Å². The van der Waals surface area contributed by atoms with Gasteiger partial charge in [-0.2, -0.15) is 0 Å². The Balaban J connectivity index is 1.78. The van der Waals surface area contributed by atoms with Gasteiger partial charge in [0.25, 0.3) is 5.91 Å². The standard InChI is InChI=1S/C24H31N3O6/c1-5-31-19-11-6-7-12-20(19)32-16-22(29)25-14-17-9-8-10-18(13-17)27-21(28)15-26-23(30)33-24(2,3)4/h6-13H,5,14-16H2,1-4H3,(H,25,29)(H,26,30)(H,27,28). The van der Waals surface area contributed by atoms with E-state index in [-0.39, 0.29) is 25.6 Å². The minimum absolute atomic E-state index is 0.156. The van der Waals surface area contributed by atoms with E-state index in [4.69, 9.17) is 14.2 Å². The van der Waals surface area contributed by atoms with Gasteiger partial charge in [0.2, 0.25) is 5.91 Å². The van der Waals surface area contributed by atoms with Crippen molar-refractivity contribution in [3.05, 3.63) is 54.1 Å². The molecule has 0 aliphatic rings. The fourth-order valence-electron chi connectivity index (χ4n) is 2.67. The molecule has 0 aromatic heterocycles. The SMILES string of the molecule is CCOc1ccccc1OCC(=O)NCc1cccc(NC(=O)CNC(=O)OC(C)(C)C)c1. The van der Waals surface area contributed by atoms with E-state index in [9.17, 15) is 14.4 Å². The summed E-state index contributed by atoms with van der Waals surface area (Å²) in [6.07, 6.45) is -0.666. The summed E-state index contributed by atoms with van der Waals surface area (Å²) in [6.45, 7) is 7.46. The van der Waals surface area contributed by atoms with Crippen LogP contribution in [0.15, 0.2) is 48.5 Å². The molecule has 0 aliphatic carbocycles. The molecule has 33 heavy (non-hydrogen) atoms. The molecule has 9 heteroatoms. The van der Waals surface area contributed by atoms with E-state index >= 15 is 0 Å². The lowest BCUT2D eigenvalue weighted by molar-refractivity contribution is -0.123. The lowest BCUT2D eigenvalue weighted by Gasteiger charge is -2.19. The monoisotopic (exact) mass is 457 g/mol. The fraction of sp³-hybridized carbons (Fsp3) is 0.375. The zero-order valence-corrected chi connectivity index (χ0v) is 19.4. The van der Waals surface area contributed by atoms with Crippen molar-refractivity contribution in [1.29, 1.82) is 0 Å². The maximum absolute atomic E-state index is 12.2. The Labute approximate surface area is 193 Å². The van der Waals surface area contributed by atoms with E-state index in [0.29, 0.717) is 23.8 Å². The molecule has 3 N–H and O–H groups in total. The Hall–Kier alpha value is -3.75. The summed E-state index contributed by atoms with van der Waals surface area (Å²) >= 11 is 0. The average molecular weight is 458 g/mol. The molecule has 0 spiro atoms. The van der Waals surface area contributed by atoms with Crippen molar-refractivity contribution < 1.29 is 28.6 Å². The quantitative estimate of drug-likeness (QED) is 0.505. The average Bonchev–Trinajstić information content (AvgIpc) is 2.75. The van der Waals surface area contributed by atoms with Crippen molar-refractivity contribution in [2.75, 3.05) is 25.1 Å². The van der Waals surface area contributed by atoms with Gasteiger partial charge in [-0.25, -0.2) is 4.79 Å². The zero-order chi connectivity index (χ0) is 24.3. The highest BCUT2D eigenvalue weighted by Crippen LogP contribution is 2.26. The van der Waals surface area contributed by atoms with E-state index in [2.05, 4.69) is 16.0 Å². The number of carbonyl (C=O) groups excluding carboxylic acids is 3. The molecule has 9 nitrogen and oxygen atoms in total. The molecule has 0 atom stereocenters. The van der Waals surface area contributed by atoms with Crippen LogP contribution >= 0.6 is 0 Å². The third-order valence-corrected chi connectivity index (χ3v) is 4.00. The van der Waals surface area contributed by atoms with E-state index in [1.54, 1.807) is 57.2 Å². The lowest BCUT2D eigenvalue weighted by atomic mass is 10.2. The Kier molecular flexibility index (Phi) is 9.53. The first-order valence-corrected chi connectivity index (χ1v) is 10.6. The molecule has 0 aliphatic heterocycles. The second-order valence-corrected chi connectivity index (χ2v) is 8.05. The number of hydrogen-bond acceptors (Lipinski definition) is 6. The van der Waals surface area contributed by atoms with Gasteiger partial charge < -0.3 is 30.2 Å². The summed E-state index contributed by atoms with van der Waals surface area (Å²) in [6, 6.07) is 14.2. The molecule has 0 saturated carbocycles. The summed E-state index contributed by atoms with van der Waals surface area (Å²) in [5.74, 6) is 0.386. The molecule has 3 amide bonds. The van der Waals surface area contributed by atoms with Crippen molar-refractivity contribution in [1.82, 2.24) is 10.6 Å². The predicted molar refractivity (Wildman–Crippen MR) is 124 cm³/mol. The summed E-state index contributed by atoms with van der Waals surface area (Å²) < 4.78 is 16.1. The highest BCUT2D eigenvalue weighted by Gasteiger charge is 2.16. The van der Waals surface area contributed by atoms with Crippen LogP contribution in [-0.4, -0.2) is 43.3 Å². The van der Waals surface area contributed by atoms with E-state index < -0.39 is 17.6 Å². The van der Waals surface area contributed by atoms with Crippen molar-refractivity contribution in [2.45, 2.75) is 39.8 Å². The third kappa shape index (κ3) is 9.94. The van der Waals surface area contributed by atoms with Gasteiger partial charge in [0.15, 0.2) is 18.1 Å². The number of alkyl carbamates (subject to hydrolysis) is 1. The molecule has 2 aromatic rings. The van der Waals surface area contributed by atoms with Crippen LogP contribution in [0.25, 0.3) is 0 Å². The summed E-state index contributed by atoms with van der Waals surface area (Å²) in [5, 5.41) is 7.86. The highest BCUT2D eigenvalue weighted by atomic mass is 16.6. The molecule has 2 aromatic carbocycles. The first-order valence-electron chi connectivity index (χ1n) is 10.6. The molecular weight excluding hydrogens is 426 g/mol. The number of anilines is 1. The van der Waals surface area contributed by atoms with Crippen LogP contribution in [0.2, 0.25) is 0 Å². The molecule has 0 unspecified atom stereocenters. The van der Waals surface area contributed by atoms with Gasteiger partial charge >= 0.3 is 6.09 Å². The molecule has 0 saturated heterocycles. The van der Waals surface area contributed by atoms with Crippen LogP contribution < -0.4 is 25.4 Å². The topological polar surface area (TPSA) is 115 Å². The molecule has 0 fully saturated rings. The van der Waals surface area contributed by atoms with Gasteiger partial charge in [-0.15, -0.1) is 0 Å². The Morgan fingerprint density at radius 3 is 2.24 bits per heavy atom. The van der Waals surface area contributed by atoms with Crippen LogP contribution in [0.4, 0.5) is 10.5 Å². The summed E-state index contributed by atoms with van der Waals surface area (Å²) in [5.41, 5.74) is 0.687. The maximum Gasteiger partial charge on any atom is 0.408 e. The first-order chi connectivity index (χ1) is 15.7. The minimum atomic E-state index is -0.666. The second-order valence-electron chi connectivity index (χ2n) is 8.05. The lowest BCUT2D eigenvalue weighted by Crippen LogP contribution is -2.37. The van der Waals surface area contributed by atoms with Crippen molar-refractivity contribution in [2.24, 2.45) is 0 Å². The number of carbonyl (C=O) groups is 3. The van der Waals surface area contributed by atoms with Crippen LogP contribution in [0.5, 0.6) is 11.5 Å². The largest absolute Gasteiger partial charge is 0.490 e. The Bertz CT molecular complexity index is 955. The predicted octanol–water partition coefficient (Wildman–Crippen LogP) is 3.24. The normalized spacial score (nSPS) is 10.7. The molecule has 0 bridgehead atoms. The third-order valence-electron chi connectivity index (χ3n) is 4.00. The number of ether oxygens (including phenoxy) is 3. The van der Waals surface area contributed by atoms with Gasteiger partial charge in [-0.05, 0) is 57.5 Å². The number of nitrogens with one attached hydrogen (secondary N) is 3. The minimum Gasteiger partial charge on any atom is -0.490 e. The molecular formula is C24H31N3O6. The Morgan fingerprint density at radius 1 is 0.879 bits per heavy atom. The van der Waals surface area contributed by atoms with E-state index in [1.807, 2.05) is 19.1 Å². The van der Waals surface area contributed by atoms with Gasteiger partial charge in [0.1, 0.15) is 12.1 Å². The molecule has 178 valence electrons. The molecule has 2 rings (SSSR count). The Morgan fingerprint density at radius 2 is 1.58 bits per heavy atom.